The molecule has 52 valence electrons. The van der Waals surface area contributed by atoms with Gasteiger partial charge in [-0.3, -0.25) is 0 Å². The number of benzene rings is 1. The standard InChI is InChI=1S/C6H4BrNO2/c7-5-3-4(9)1-2-6(5)8-10/h1-3,9H. The quantitative estimate of drug-likeness (QED) is 0.711. The highest BCUT2D eigenvalue weighted by Gasteiger charge is 1.98. The Labute approximate surface area is 65.8 Å². The van der Waals surface area contributed by atoms with Gasteiger partial charge in [0.05, 0.1) is 4.47 Å². The summed E-state index contributed by atoms with van der Waals surface area (Å²) < 4.78 is 0.502. The summed E-state index contributed by atoms with van der Waals surface area (Å²) in [6.45, 7) is 0. The van der Waals surface area contributed by atoms with E-state index in [1.54, 1.807) is 0 Å². The average molecular weight is 202 g/mol. The molecule has 4 heteroatoms. The number of nitroso groups, excluding NO2 is 1. The predicted molar refractivity (Wildman–Crippen MR) is 41.3 cm³/mol. The second-order valence-corrected chi connectivity index (χ2v) is 2.58. The van der Waals surface area contributed by atoms with Crippen LogP contribution < -0.4 is 0 Å². The van der Waals surface area contributed by atoms with Crippen LogP contribution in [0, 0.1) is 4.91 Å². The summed E-state index contributed by atoms with van der Waals surface area (Å²) in [5.74, 6) is 0.110. The maximum absolute atomic E-state index is 9.98. The van der Waals surface area contributed by atoms with Crippen LogP contribution in [0.3, 0.4) is 0 Å². The van der Waals surface area contributed by atoms with Gasteiger partial charge in [0.25, 0.3) is 0 Å². The summed E-state index contributed by atoms with van der Waals surface area (Å²) in [4.78, 5) is 9.98. The van der Waals surface area contributed by atoms with Gasteiger partial charge in [-0.2, -0.15) is 0 Å². The first-order chi connectivity index (χ1) is 4.74. The molecule has 0 aliphatic rings. The zero-order valence-corrected chi connectivity index (χ0v) is 6.50. The Kier molecular flexibility index (Phi) is 2.01. The largest absolute Gasteiger partial charge is 0.508 e. The SMILES string of the molecule is O=Nc1ccc(O)cc1Br. The molecule has 0 unspecified atom stereocenters. The van der Waals surface area contributed by atoms with Gasteiger partial charge in [-0.25, -0.2) is 0 Å². The van der Waals surface area contributed by atoms with E-state index >= 15 is 0 Å². The molecule has 0 fully saturated rings. The van der Waals surface area contributed by atoms with Gasteiger partial charge >= 0.3 is 0 Å². The molecule has 0 aromatic heterocycles. The van der Waals surface area contributed by atoms with E-state index in [0.29, 0.717) is 4.47 Å². The fourth-order valence-corrected chi connectivity index (χ4v) is 1.01. The maximum Gasteiger partial charge on any atom is 0.122 e. The summed E-state index contributed by atoms with van der Waals surface area (Å²) >= 11 is 3.05. The van der Waals surface area contributed by atoms with Crippen molar-refractivity contribution in [1.29, 1.82) is 0 Å². The lowest BCUT2D eigenvalue weighted by atomic mass is 10.3. The molecule has 0 saturated heterocycles. The van der Waals surface area contributed by atoms with E-state index in [2.05, 4.69) is 21.1 Å². The lowest BCUT2D eigenvalue weighted by Crippen LogP contribution is -1.66. The van der Waals surface area contributed by atoms with E-state index in [9.17, 15) is 4.91 Å². The van der Waals surface area contributed by atoms with Gasteiger partial charge in [0.2, 0.25) is 0 Å². The highest BCUT2D eigenvalue weighted by Crippen LogP contribution is 2.28. The van der Waals surface area contributed by atoms with Crippen LogP contribution in [-0.2, 0) is 0 Å². The van der Waals surface area contributed by atoms with Crippen LogP contribution >= 0.6 is 15.9 Å². The first kappa shape index (κ1) is 7.21. The van der Waals surface area contributed by atoms with Crippen LogP contribution in [0.25, 0.3) is 0 Å². The summed E-state index contributed by atoms with van der Waals surface area (Å²) in [5, 5.41) is 11.6. The third kappa shape index (κ3) is 1.33. The van der Waals surface area contributed by atoms with Gasteiger partial charge in [0.15, 0.2) is 0 Å². The fourth-order valence-electron chi connectivity index (χ4n) is 0.570. The van der Waals surface area contributed by atoms with E-state index in [4.69, 9.17) is 5.11 Å². The highest BCUT2D eigenvalue weighted by molar-refractivity contribution is 9.10. The first-order valence-corrected chi connectivity index (χ1v) is 3.35. The molecule has 1 N–H and O–H groups in total. The fraction of sp³-hybridized carbons (Fsp3) is 0. The topological polar surface area (TPSA) is 49.7 Å². The van der Waals surface area contributed by atoms with Crippen molar-refractivity contribution in [3.8, 4) is 5.75 Å². The van der Waals surface area contributed by atoms with Crippen molar-refractivity contribution in [3.05, 3.63) is 27.6 Å². The Balaban J connectivity index is 3.19. The number of hydrogen-bond acceptors (Lipinski definition) is 3. The van der Waals surface area contributed by atoms with Gasteiger partial charge in [-0.05, 0) is 39.3 Å². The Bertz CT molecular complexity index is 262. The number of nitrogens with zero attached hydrogens (tertiary/aromatic N) is 1. The molecule has 3 nitrogen and oxygen atoms in total. The summed E-state index contributed by atoms with van der Waals surface area (Å²) in [5.41, 5.74) is 0.290. The second-order valence-electron chi connectivity index (χ2n) is 1.73. The Morgan fingerprint density at radius 3 is 2.70 bits per heavy atom. The summed E-state index contributed by atoms with van der Waals surface area (Å²) in [6, 6.07) is 4.25. The molecule has 1 aromatic carbocycles. The van der Waals surface area contributed by atoms with Crippen molar-refractivity contribution in [3.63, 3.8) is 0 Å². The Hall–Kier alpha value is -0.900. The third-order valence-corrected chi connectivity index (χ3v) is 1.66. The minimum absolute atomic E-state index is 0.110. The molecule has 0 saturated carbocycles. The van der Waals surface area contributed by atoms with Gasteiger partial charge in [0.1, 0.15) is 11.4 Å². The van der Waals surface area contributed by atoms with Crippen molar-refractivity contribution < 1.29 is 5.11 Å². The molecule has 1 rings (SSSR count). The van der Waals surface area contributed by atoms with Crippen LogP contribution in [0.4, 0.5) is 5.69 Å². The monoisotopic (exact) mass is 201 g/mol. The van der Waals surface area contributed by atoms with Gasteiger partial charge in [0, 0.05) is 0 Å². The molecule has 0 bridgehead atoms. The van der Waals surface area contributed by atoms with Crippen molar-refractivity contribution in [2.75, 3.05) is 0 Å². The van der Waals surface area contributed by atoms with E-state index in [0.717, 1.165) is 0 Å². The minimum atomic E-state index is 0.110. The van der Waals surface area contributed by atoms with Crippen molar-refractivity contribution in [1.82, 2.24) is 0 Å². The van der Waals surface area contributed by atoms with Gasteiger partial charge < -0.3 is 5.11 Å². The van der Waals surface area contributed by atoms with E-state index in [-0.39, 0.29) is 11.4 Å². The molecular weight excluding hydrogens is 198 g/mol. The number of phenols is 1. The molecule has 1 aromatic rings. The van der Waals surface area contributed by atoms with Gasteiger partial charge in [-0.15, -0.1) is 4.91 Å². The first-order valence-electron chi connectivity index (χ1n) is 2.56. The smallest absolute Gasteiger partial charge is 0.122 e. The lowest BCUT2D eigenvalue weighted by Gasteiger charge is -1.93. The van der Waals surface area contributed by atoms with Crippen molar-refractivity contribution in [2.45, 2.75) is 0 Å². The molecule has 0 radical (unpaired) electrons. The summed E-state index contributed by atoms with van der Waals surface area (Å²) in [7, 11) is 0. The number of hydrogen-bond donors (Lipinski definition) is 1. The third-order valence-electron chi connectivity index (χ3n) is 1.03. The number of phenolic OH excluding ortho intramolecular Hbond substituents is 1. The van der Waals surface area contributed by atoms with E-state index in [1.165, 1.54) is 18.2 Å². The van der Waals surface area contributed by atoms with Crippen LogP contribution in [0.2, 0.25) is 0 Å². The van der Waals surface area contributed by atoms with Crippen LogP contribution in [0.1, 0.15) is 0 Å². The van der Waals surface area contributed by atoms with Crippen LogP contribution in [0.5, 0.6) is 5.75 Å². The van der Waals surface area contributed by atoms with Crippen LogP contribution in [0.15, 0.2) is 27.8 Å². The average Bonchev–Trinajstić information content (AvgIpc) is 1.88. The molecular formula is C6H4BrNO2. The van der Waals surface area contributed by atoms with E-state index < -0.39 is 0 Å². The number of halogens is 1. The van der Waals surface area contributed by atoms with E-state index in [1.807, 2.05) is 0 Å². The molecule has 0 aliphatic carbocycles. The highest BCUT2D eigenvalue weighted by atomic mass is 79.9. The Morgan fingerprint density at radius 1 is 1.50 bits per heavy atom. The van der Waals surface area contributed by atoms with Crippen LogP contribution in [-0.4, -0.2) is 5.11 Å². The number of rotatable bonds is 1. The number of aromatic hydroxyl groups is 1. The zero-order valence-electron chi connectivity index (χ0n) is 4.91. The zero-order chi connectivity index (χ0) is 7.56. The predicted octanol–water partition coefficient (Wildman–Crippen LogP) is 2.55. The van der Waals surface area contributed by atoms with Gasteiger partial charge in [-0.1, -0.05) is 0 Å². The Morgan fingerprint density at radius 2 is 2.20 bits per heavy atom. The minimum Gasteiger partial charge on any atom is -0.508 e. The molecule has 0 heterocycles. The normalized spacial score (nSPS) is 9.30. The molecule has 0 atom stereocenters. The molecule has 0 spiro atoms. The molecule has 10 heavy (non-hydrogen) atoms. The lowest BCUT2D eigenvalue weighted by molar-refractivity contribution is 0.475. The molecule has 0 amide bonds. The maximum atomic E-state index is 9.98. The second kappa shape index (κ2) is 2.79. The van der Waals surface area contributed by atoms with Crippen molar-refractivity contribution >= 4 is 21.6 Å². The summed E-state index contributed by atoms with van der Waals surface area (Å²) in [6.07, 6.45) is 0. The van der Waals surface area contributed by atoms with Crippen molar-refractivity contribution in [2.24, 2.45) is 5.18 Å². The molecule has 0 aliphatic heterocycles.